The second-order valence-corrected chi connectivity index (χ2v) is 8.97. The molecule has 2 heterocycles. The van der Waals surface area contributed by atoms with E-state index in [2.05, 4.69) is 25.2 Å². The van der Waals surface area contributed by atoms with Crippen molar-refractivity contribution in [2.45, 2.75) is 16.2 Å². The van der Waals surface area contributed by atoms with Crippen molar-refractivity contribution in [3.05, 3.63) is 77.9 Å². The van der Waals surface area contributed by atoms with E-state index in [9.17, 15) is 21.6 Å². The van der Waals surface area contributed by atoms with Gasteiger partial charge in [0.2, 0.25) is 9.84 Å². The molecule has 2 N–H and O–H groups in total. The Bertz CT molecular complexity index is 1380. The third kappa shape index (κ3) is 5.26. The molecule has 2 aromatic heterocycles. The van der Waals surface area contributed by atoms with Gasteiger partial charge in [-0.3, -0.25) is 5.10 Å². The molecule has 0 amide bonds. The maximum atomic E-state index is 13.1. The van der Waals surface area contributed by atoms with Gasteiger partial charge >= 0.3 is 6.36 Å². The van der Waals surface area contributed by atoms with Gasteiger partial charge in [0.1, 0.15) is 15.8 Å². The molecule has 2 aromatic carbocycles. The summed E-state index contributed by atoms with van der Waals surface area (Å²) in [5.41, 5.74) is 0.992. The van der Waals surface area contributed by atoms with Gasteiger partial charge in [0.15, 0.2) is 11.6 Å². The summed E-state index contributed by atoms with van der Waals surface area (Å²) in [4.78, 5) is 4.07. The number of anilines is 2. The zero-order valence-electron chi connectivity index (χ0n) is 16.5. The topological polar surface area (TPSA) is 97.0 Å². The highest BCUT2D eigenvalue weighted by molar-refractivity contribution is 7.91. The number of rotatable bonds is 6. The van der Waals surface area contributed by atoms with Gasteiger partial charge in [-0.25, -0.2) is 13.4 Å². The van der Waals surface area contributed by atoms with Crippen molar-refractivity contribution >= 4 is 33.1 Å². The molecule has 170 valence electrons. The number of aromatic nitrogens is 3. The molecule has 0 aliphatic heterocycles. The van der Waals surface area contributed by atoms with E-state index >= 15 is 0 Å². The first-order valence-corrected chi connectivity index (χ1v) is 11.1. The highest BCUT2D eigenvalue weighted by atomic mass is 35.5. The highest BCUT2D eigenvalue weighted by Gasteiger charge is 2.31. The van der Waals surface area contributed by atoms with E-state index in [1.165, 1.54) is 48.5 Å². The van der Waals surface area contributed by atoms with Crippen molar-refractivity contribution in [3.63, 3.8) is 0 Å². The normalized spacial score (nSPS) is 11.9. The first-order chi connectivity index (χ1) is 15.6. The lowest BCUT2D eigenvalue weighted by molar-refractivity contribution is -0.274. The number of halogens is 4. The average molecular weight is 495 g/mol. The van der Waals surface area contributed by atoms with Gasteiger partial charge in [-0.2, -0.15) is 5.10 Å². The van der Waals surface area contributed by atoms with Crippen LogP contribution in [0.25, 0.3) is 11.3 Å². The zero-order valence-corrected chi connectivity index (χ0v) is 18.0. The van der Waals surface area contributed by atoms with Crippen LogP contribution >= 0.6 is 11.6 Å². The van der Waals surface area contributed by atoms with Crippen molar-refractivity contribution in [2.24, 2.45) is 0 Å². The number of aromatic amines is 1. The van der Waals surface area contributed by atoms with Crippen LogP contribution in [0.2, 0.25) is 5.15 Å². The SMILES string of the molecule is O=S(=O)(c1ccccc1)c1ccc(Cl)nc1Nc1cc(-c2ccc(OC(F)(F)F)cc2)[nH]n1. The molecule has 0 aliphatic carbocycles. The van der Waals surface area contributed by atoms with Crippen LogP contribution in [0.3, 0.4) is 0 Å². The lowest BCUT2D eigenvalue weighted by Gasteiger charge is -2.10. The number of pyridine rings is 1. The molecular weight excluding hydrogens is 481 g/mol. The van der Waals surface area contributed by atoms with Gasteiger partial charge < -0.3 is 10.1 Å². The van der Waals surface area contributed by atoms with Crippen molar-refractivity contribution in [3.8, 4) is 17.0 Å². The lowest BCUT2D eigenvalue weighted by Crippen LogP contribution is -2.16. The van der Waals surface area contributed by atoms with Crippen LogP contribution in [-0.2, 0) is 9.84 Å². The summed E-state index contributed by atoms with van der Waals surface area (Å²) in [5.74, 6) is -0.166. The number of alkyl halides is 3. The second-order valence-electron chi connectivity index (χ2n) is 6.66. The highest BCUT2D eigenvalue weighted by Crippen LogP contribution is 2.31. The summed E-state index contributed by atoms with van der Waals surface area (Å²) >= 11 is 5.97. The van der Waals surface area contributed by atoms with Crippen LogP contribution < -0.4 is 10.1 Å². The predicted octanol–water partition coefficient (Wildman–Crippen LogP) is 5.60. The fraction of sp³-hybridized carbons (Fsp3) is 0.0476. The molecule has 33 heavy (non-hydrogen) atoms. The summed E-state index contributed by atoms with van der Waals surface area (Å²) in [7, 11) is -3.90. The van der Waals surface area contributed by atoms with E-state index in [-0.39, 0.29) is 32.3 Å². The summed E-state index contributed by atoms with van der Waals surface area (Å²) < 4.78 is 67.0. The molecule has 0 atom stereocenters. The molecule has 0 aliphatic rings. The maximum absolute atomic E-state index is 13.1. The lowest BCUT2D eigenvalue weighted by atomic mass is 10.1. The van der Waals surface area contributed by atoms with E-state index < -0.39 is 16.2 Å². The van der Waals surface area contributed by atoms with Crippen LogP contribution in [0.5, 0.6) is 5.75 Å². The molecule has 0 bridgehead atoms. The molecule has 0 saturated heterocycles. The fourth-order valence-corrected chi connectivity index (χ4v) is 4.46. The molecule has 0 saturated carbocycles. The standard InChI is InChI=1S/C21H14ClF3N4O3S/c22-18-11-10-17(33(30,31)15-4-2-1-3-5-15)20(26-18)27-19-12-16(28-29-19)13-6-8-14(9-7-13)32-21(23,24)25/h1-12H,(H2,26,27,28,29). The van der Waals surface area contributed by atoms with Crippen LogP contribution in [0, 0.1) is 0 Å². The monoisotopic (exact) mass is 494 g/mol. The quantitative estimate of drug-likeness (QED) is 0.339. The van der Waals surface area contributed by atoms with Crippen molar-refractivity contribution < 1.29 is 26.3 Å². The van der Waals surface area contributed by atoms with E-state index in [1.54, 1.807) is 24.3 Å². The minimum atomic E-state index is -4.78. The van der Waals surface area contributed by atoms with Crippen molar-refractivity contribution in [2.75, 3.05) is 5.32 Å². The first kappa shape index (κ1) is 22.6. The number of hydrogen-bond donors (Lipinski definition) is 2. The fourth-order valence-electron chi connectivity index (χ4n) is 2.95. The second kappa shape index (κ2) is 8.75. The zero-order chi connectivity index (χ0) is 23.6. The molecule has 0 radical (unpaired) electrons. The summed E-state index contributed by atoms with van der Waals surface area (Å²) in [6, 6.07) is 17.3. The van der Waals surface area contributed by atoms with Crippen LogP contribution in [0.4, 0.5) is 24.8 Å². The van der Waals surface area contributed by atoms with E-state index in [4.69, 9.17) is 11.6 Å². The largest absolute Gasteiger partial charge is 0.573 e. The Morgan fingerprint density at radius 2 is 1.67 bits per heavy atom. The Hall–Kier alpha value is -3.57. The summed E-state index contributed by atoms with van der Waals surface area (Å²) in [5, 5.41) is 9.70. The molecule has 0 unspecified atom stereocenters. The van der Waals surface area contributed by atoms with E-state index in [1.807, 2.05) is 0 Å². The average Bonchev–Trinajstić information content (AvgIpc) is 3.22. The minimum absolute atomic E-state index is 0.0293. The van der Waals surface area contributed by atoms with Gasteiger partial charge in [-0.1, -0.05) is 29.8 Å². The first-order valence-electron chi connectivity index (χ1n) is 9.27. The van der Waals surface area contributed by atoms with Crippen LogP contribution in [-0.4, -0.2) is 30.0 Å². The van der Waals surface area contributed by atoms with Crippen LogP contribution in [0.15, 0.2) is 82.6 Å². The smallest absolute Gasteiger partial charge is 0.406 e. The third-order valence-corrected chi connectivity index (χ3v) is 6.40. The van der Waals surface area contributed by atoms with Gasteiger partial charge in [0.25, 0.3) is 0 Å². The molecular formula is C21H14ClF3N4O3S. The summed E-state index contributed by atoms with van der Waals surface area (Å²) in [6.07, 6.45) is -4.78. The molecule has 4 rings (SSSR count). The summed E-state index contributed by atoms with van der Waals surface area (Å²) in [6.45, 7) is 0. The molecule has 0 spiro atoms. The number of hydrogen-bond acceptors (Lipinski definition) is 6. The Kier molecular flexibility index (Phi) is 6.00. The number of ether oxygens (including phenoxy) is 1. The Morgan fingerprint density at radius 1 is 0.970 bits per heavy atom. The van der Waals surface area contributed by atoms with Gasteiger partial charge in [-0.15, -0.1) is 13.2 Å². The minimum Gasteiger partial charge on any atom is -0.406 e. The Balaban J connectivity index is 1.61. The number of nitrogens with zero attached hydrogens (tertiary/aromatic N) is 2. The van der Waals surface area contributed by atoms with Gasteiger partial charge in [-0.05, 0) is 54.1 Å². The van der Waals surface area contributed by atoms with Gasteiger partial charge in [0, 0.05) is 6.07 Å². The third-order valence-electron chi connectivity index (χ3n) is 4.39. The Labute approximate surface area is 191 Å². The van der Waals surface area contributed by atoms with E-state index in [0.717, 1.165) is 0 Å². The van der Waals surface area contributed by atoms with Crippen molar-refractivity contribution in [1.29, 1.82) is 0 Å². The van der Waals surface area contributed by atoms with E-state index in [0.29, 0.717) is 11.3 Å². The molecule has 7 nitrogen and oxygen atoms in total. The molecule has 4 aromatic rings. The number of benzene rings is 2. The molecule has 0 fully saturated rings. The van der Waals surface area contributed by atoms with Crippen LogP contribution in [0.1, 0.15) is 0 Å². The molecule has 12 heteroatoms. The number of H-pyrrole nitrogens is 1. The number of sulfone groups is 1. The Morgan fingerprint density at radius 3 is 2.33 bits per heavy atom. The maximum Gasteiger partial charge on any atom is 0.573 e. The van der Waals surface area contributed by atoms with Crippen molar-refractivity contribution in [1.82, 2.24) is 15.2 Å². The predicted molar refractivity (Wildman–Crippen MR) is 115 cm³/mol. The number of nitrogens with one attached hydrogen (secondary N) is 2. The van der Waals surface area contributed by atoms with Gasteiger partial charge in [0.05, 0.1) is 10.6 Å².